The van der Waals surface area contributed by atoms with Gasteiger partial charge in [0.05, 0.1) is 23.1 Å². The molecule has 0 spiro atoms. The van der Waals surface area contributed by atoms with E-state index < -0.39 is 11.7 Å². The van der Waals surface area contributed by atoms with Crippen LogP contribution in [0.4, 0.5) is 4.79 Å². The van der Waals surface area contributed by atoms with Gasteiger partial charge in [-0.25, -0.2) is 4.79 Å². The van der Waals surface area contributed by atoms with Crippen LogP contribution in [0.3, 0.4) is 0 Å². The molecular formula is C17H21BrN4O2. The normalized spacial score (nSPS) is 12.6. The van der Waals surface area contributed by atoms with E-state index in [0.29, 0.717) is 17.1 Å². The fraction of sp³-hybridized carbons (Fsp3) is 0.412. The maximum atomic E-state index is 12.0. The highest BCUT2D eigenvalue weighted by molar-refractivity contribution is 9.10. The van der Waals surface area contributed by atoms with E-state index in [0.717, 1.165) is 10.2 Å². The summed E-state index contributed by atoms with van der Waals surface area (Å²) in [6.45, 7) is 9.16. The summed E-state index contributed by atoms with van der Waals surface area (Å²) in [7, 11) is 0. The predicted octanol–water partition coefficient (Wildman–Crippen LogP) is 4.20. The van der Waals surface area contributed by atoms with Gasteiger partial charge in [-0.2, -0.15) is 0 Å². The zero-order valence-corrected chi connectivity index (χ0v) is 16.0. The number of amides is 1. The molecule has 0 fully saturated rings. The molecule has 1 unspecified atom stereocenters. The molecule has 2 heterocycles. The van der Waals surface area contributed by atoms with Crippen molar-refractivity contribution in [3.05, 3.63) is 40.4 Å². The Bertz CT molecular complexity index is 726. The second-order valence-electron chi connectivity index (χ2n) is 6.47. The standard InChI is InChI=1S/C17H21BrN4O2/c1-10-8-20-15(13-7-6-12(18)9-19-13)14(21-10)11(2)22-16(23)24-17(3,4)5/h6-9,11H,1-5H3,(H,22,23). The first kappa shape index (κ1) is 18.3. The molecule has 0 saturated heterocycles. The van der Waals surface area contributed by atoms with Gasteiger partial charge >= 0.3 is 6.09 Å². The van der Waals surface area contributed by atoms with Gasteiger partial charge in [0.2, 0.25) is 0 Å². The number of carbonyl (C=O) groups is 1. The van der Waals surface area contributed by atoms with E-state index in [4.69, 9.17) is 4.74 Å². The number of ether oxygens (including phenoxy) is 1. The molecule has 7 heteroatoms. The first-order valence-corrected chi connectivity index (χ1v) is 8.40. The Labute approximate surface area is 150 Å². The zero-order valence-electron chi connectivity index (χ0n) is 14.4. The largest absolute Gasteiger partial charge is 0.444 e. The Morgan fingerprint density at radius 1 is 1.25 bits per heavy atom. The van der Waals surface area contributed by atoms with Gasteiger partial charge in [0, 0.05) is 16.9 Å². The molecule has 0 aliphatic carbocycles. The summed E-state index contributed by atoms with van der Waals surface area (Å²) in [6.07, 6.45) is 2.89. The van der Waals surface area contributed by atoms with Crippen LogP contribution in [0.25, 0.3) is 11.4 Å². The lowest BCUT2D eigenvalue weighted by atomic mass is 10.1. The van der Waals surface area contributed by atoms with Crippen LogP contribution in [0.2, 0.25) is 0 Å². The second kappa shape index (κ2) is 7.25. The molecule has 0 saturated carbocycles. The third kappa shape index (κ3) is 4.99. The Morgan fingerprint density at radius 3 is 2.54 bits per heavy atom. The summed E-state index contributed by atoms with van der Waals surface area (Å²) in [5.74, 6) is 0. The molecule has 2 aromatic rings. The lowest BCUT2D eigenvalue weighted by molar-refractivity contribution is 0.0507. The maximum absolute atomic E-state index is 12.0. The average Bonchev–Trinajstić information content (AvgIpc) is 2.46. The highest BCUT2D eigenvalue weighted by Gasteiger charge is 2.22. The molecular weight excluding hydrogens is 372 g/mol. The van der Waals surface area contributed by atoms with E-state index in [1.54, 1.807) is 12.4 Å². The number of nitrogens with zero attached hydrogens (tertiary/aromatic N) is 3. The SMILES string of the molecule is Cc1cnc(-c2ccc(Br)cn2)c(C(C)NC(=O)OC(C)(C)C)n1. The van der Waals surface area contributed by atoms with Gasteiger partial charge in [-0.3, -0.25) is 15.0 Å². The van der Waals surface area contributed by atoms with Gasteiger partial charge in [0.25, 0.3) is 0 Å². The maximum Gasteiger partial charge on any atom is 0.408 e. The van der Waals surface area contributed by atoms with Crippen molar-refractivity contribution in [2.24, 2.45) is 0 Å². The third-order valence-electron chi connectivity index (χ3n) is 3.03. The van der Waals surface area contributed by atoms with Crippen molar-refractivity contribution in [1.29, 1.82) is 0 Å². The molecule has 128 valence electrons. The molecule has 6 nitrogen and oxygen atoms in total. The summed E-state index contributed by atoms with van der Waals surface area (Å²) in [5, 5.41) is 2.80. The predicted molar refractivity (Wildman–Crippen MR) is 95.5 cm³/mol. The Balaban J connectivity index is 2.30. The zero-order chi connectivity index (χ0) is 17.9. The highest BCUT2D eigenvalue weighted by Crippen LogP contribution is 2.24. The molecule has 1 amide bonds. The van der Waals surface area contributed by atoms with Crippen LogP contribution in [0.5, 0.6) is 0 Å². The van der Waals surface area contributed by atoms with Crippen LogP contribution in [-0.4, -0.2) is 26.6 Å². The van der Waals surface area contributed by atoms with Crippen molar-refractivity contribution in [3.8, 4) is 11.4 Å². The van der Waals surface area contributed by atoms with Crippen LogP contribution >= 0.6 is 15.9 Å². The number of pyridine rings is 1. The summed E-state index contributed by atoms with van der Waals surface area (Å²) in [6, 6.07) is 3.37. The molecule has 1 N–H and O–H groups in total. The average molecular weight is 393 g/mol. The van der Waals surface area contributed by atoms with Crippen molar-refractivity contribution in [2.75, 3.05) is 0 Å². The number of hydrogen-bond acceptors (Lipinski definition) is 5. The van der Waals surface area contributed by atoms with Gasteiger partial charge in [0.1, 0.15) is 11.3 Å². The number of aromatic nitrogens is 3. The molecule has 0 aromatic carbocycles. The van der Waals surface area contributed by atoms with Crippen molar-refractivity contribution in [3.63, 3.8) is 0 Å². The summed E-state index contributed by atoms with van der Waals surface area (Å²) < 4.78 is 6.18. The van der Waals surface area contributed by atoms with E-state index in [1.807, 2.05) is 46.8 Å². The van der Waals surface area contributed by atoms with Crippen LogP contribution in [0, 0.1) is 6.92 Å². The number of nitrogens with one attached hydrogen (secondary N) is 1. The number of aryl methyl sites for hydroxylation is 1. The van der Waals surface area contributed by atoms with Gasteiger partial charge in [0.15, 0.2) is 0 Å². The summed E-state index contributed by atoms with van der Waals surface area (Å²) >= 11 is 3.37. The van der Waals surface area contributed by atoms with Gasteiger partial charge in [-0.05, 0) is 62.7 Å². The molecule has 0 aliphatic heterocycles. The van der Waals surface area contributed by atoms with Crippen LogP contribution < -0.4 is 5.32 Å². The molecule has 0 radical (unpaired) electrons. The summed E-state index contributed by atoms with van der Waals surface area (Å²) in [4.78, 5) is 25.4. The van der Waals surface area contributed by atoms with Crippen molar-refractivity contribution < 1.29 is 9.53 Å². The van der Waals surface area contributed by atoms with Crippen molar-refractivity contribution in [1.82, 2.24) is 20.3 Å². The number of carbonyl (C=O) groups excluding carboxylic acids is 1. The van der Waals surface area contributed by atoms with Crippen LogP contribution in [-0.2, 0) is 4.74 Å². The van der Waals surface area contributed by atoms with Crippen LogP contribution in [0.1, 0.15) is 45.1 Å². The Morgan fingerprint density at radius 2 is 1.96 bits per heavy atom. The van der Waals surface area contributed by atoms with E-state index in [9.17, 15) is 4.79 Å². The molecule has 1 atom stereocenters. The molecule has 0 aliphatic rings. The Hall–Kier alpha value is -2.02. The van der Waals surface area contributed by atoms with Gasteiger partial charge < -0.3 is 10.1 Å². The van der Waals surface area contributed by atoms with E-state index >= 15 is 0 Å². The fourth-order valence-corrected chi connectivity index (χ4v) is 2.30. The third-order valence-corrected chi connectivity index (χ3v) is 3.50. The minimum absolute atomic E-state index is 0.368. The monoisotopic (exact) mass is 392 g/mol. The van der Waals surface area contributed by atoms with Crippen LogP contribution in [0.15, 0.2) is 29.0 Å². The lowest BCUT2D eigenvalue weighted by Gasteiger charge is -2.22. The smallest absolute Gasteiger partial charge is 0.408 e. The summed E-state index contributed by atoms with van der Waals surface area (Å²) in [5.41, 5.74) is 2.19. The first-order valence-electron chi connectivity index (χ1n) is 7.60. The molecule has 24 heavy (non-hydrogen) atoms. The van der Waals surface area contributed by atoms with Gasteiger partial charge in [-0.15, -0.1) is 0 Å². The lowest BCUT2D eigenvalue weighted by Crippen LogP contribution is -2.34. The number of halogens is 1. The van der Waals surface area contributed by atoms with E-state index in [2.05, 4.69) is 36.2 Å². The quantitative estimate of drug-likeness (QED) is 0.846. The first-order chi connectivity index (χ1) is 11.2. The number of hydrogen-bond donors (Lipinski definition) is 1. The van der Waals surface area contributed by atoms with Gasteiger partial charge in [-0.1, -0.05) is 0 Å². The molecule has 2 rings (SSSR count). The minimum atomic E-state index is -0.557. The number of rotatable bonds is 3. The molecule has 0 bridgehead atoms. The number of alkyl carbamates (subject to hydrolysis) is 1. The van der Waals surface area contributed by atoms with E-state index in [-0.39, 0.29) is 6.04 Å². The second-order valence-corrected chi connectivity index (χ2v) is 7.39. The van der Waals surface area contributed by atoms with E-state index in [1.165, 1.54) is 0 Å². The molecule has 2 aromatic heterocycles. The fourth-order valence-electron chi connectivity index (χ4n) is 2.06. The van der Waals surface area contributed by atoms with Crippen molar-refractivity contribution >= 4 is 22.0 Å². The highest BCUT2D eigenvalue weighted by atomic mass is 79.9. The minimum Gasteiger partial charge on any atom is -0.444 e. The Kier molecular flexibility index (Phi) is 5.54. The topological polar surface area (TPSA) is 77.0 Å². The van der Waals surface area contributed by atoms with Crippen molar-refractivity contribution in [2.45, 2.75) is 46.3 Å².